The molecule has 1 saturated heterocycles. The number of hydrogen-bond acceptors (Lipinski definition) is 5. The topological polar surface area (TPSA) is 83.5 Å². The molecule has 0 aliphatic carbocycles. The Kier molecular flexibility index (Phi) is 6.81. The van der Waals surface area contributed by atoms with Crippen LogP contribution in [0.15, 0.2) is 0 Å². The standard InChI is InChI=1S/C13H25NO4S2/c1-13(2,5-3-6-15)10-14-12(16)8-19-11-4-7-20(17,18)9-11/h11,15H,3-10H2,1-2H3,(H,14,16). The van der Waals surface area contributed by atoms with Crippen LogP contribution in [0.2, 0.25) is 0 Å². The smallest absolute Gasteiger partial charge is 0.230 e. The van der Waals surface area contributed by atoms with Crippen molar-refractivity contribution in [2.45, 2.75) is 38.4 Å². The van der Waals surface area contributed by atoms with E-state index < -0.39 is 9.84 Å². The summed E-state index contributed by atoms with van der Waals surface area (Å²) < 4.78 is 22.6. The number of hydrogen-bond donors (Lipinski definition) is 2. The summed E-state index contributed by atoms with van der Waals surface area (Å²) in [6, 6.07) is 0. The van der Waals surface area contributed by atoms with Crippen molar-refractivity contribution in [3.63, 3.8) is 0 Å². The molecule has 0 bridgehead atoms. The number of thioether (sulfide) groups is 1. The van der Waals surface area contributed by atoms with Crippen LogP contribution in [-0.2, 0) is 14.6 Å². The maximum atomic E-state index is 11.8. The summed E-state index contributed by atoms with van der Waals surface area (Å²) in [6.07, 6.45) is 2.25. The molecule has 1 fully saturated rings. The maximum absolute atomic E-state index is 11.8. The Labute approximate surface area is 125 Å². The number of nitrogens with one attached hydrogen (secondary N) is 1. The predicted octanol–water partition coefficient (Wildman–Crippen LogP) is 0.822. The molecule has 5 nitrogen and oxygen atoms in total. The third-order valence-electron chi connectivity index (χ3n) is 3.42. The van der Waals surface area contributed by atoms with Gasteiger partial charge in [0.15, 0.2) is 9.84 Å². The van der Waals surface area contributed by atoms with Crippen LogP contribution in [0.25, 0.3) is 0 Å². The lowest BCUT2D eigenvalue weighted by molar-refractivity contribution is -0.119. The molecule has 0 spiro atoms. The Hall–Kier alpha value is -0.270. The van der Waals surface area contributed by atoms with Gasteiger partial charge in [-0.05, 0) is 24.7 Å². The van der Waals surface area contributed by atoms with Crippen LogP contribution < -0.4 is 5.32 Å². The average Bonchev–Trinajstić information content (AvgIpc) is 2.71. The number of aliphatic hydroxyl groups excluding tert-OH is 1. The van der Waals surface area contributed by atoms with E-state index in [1.165, 1.54) is 11.8 Å². The molecule has 20 heavy (non-hydrogen) atoms. The van der Waals surface area contributed by atoms with Crippen LogP contribution in [-0.4, -0.2) is 55.1 Å². The van der Waals surface area contributed by atoms with Gasteiger partial charge in [-0.15, -0.1) is 11.8 Å². The van der Waals surface area contributed by atoms with E-state index in [-0.39, 0.29) is 34.7 Å². The first-order valence-corrected chi connectivity index (χ1v) is 9.81. The summed E-state index contributed by atoms with van der Waals surface area (Å²) >= 11 is 1.43. The van der Waals surface area contributed by atoms with Crippen LogP contribution >= 0.6 is 11.8 Å². The monoisotopic (exact) mass is 323 g/mol. The van der Waals surface area contributed by atoms with Gasteiger partial charge in [-0.25, -0.2) is 8.42 Å². The number of rotatable bonds is 8. The van der Waals surface area contributed by atoms with Crippen LogP contribution in [0.5, 0.6) is 0 Å². The minimum Gasteiger partial charge on any atom is -0.396 e. The van der Waals surface area contributed by atoms with E-state index in [2.05, 4.69) is 19.2 Å². The van der Waals surface area contributed by atoms with E-state index in [1.807, 2.05) is 0 Å². The molecule has 0 saturated carbocycles. The fourth-order valence-electron chi connectivity index (χ4n) is 2.12. The lowest BCUT2D eigenvalue weighted by atomic mass is 9.88. The summed E-state index contributed by atoms with van der Waals surface area (Å²) in [5.41, 5.74) is -0.0280. The molecule has 118 valence electrons. The fraction of sp³-hybridized carbons (Fsp3) is 0.923. The third kappa shape index (κ3) is 6.95. The van der Waals surface area contributed by atoms with Gasteiger partial charge in [0.2, 0.25) is 5.91 Å². The van der Waals surface area contributed by atoms with E-state index in [0.29, 0.717) is 18.7 Å². The highest BCUT2D eigenvalue weighted by Gasteiger charge is 2.28. The molecule has 1 aliphatic heterocycles. The maximum Gasteiger partial charge on any atom is 0.230 e. The van der Waals surface area contributed by atoms with E-state index in [9.17, 15) is 13.2 Å². The summed E-state index contributed by atoms with van der Waals surface area (Å²) in [4.78, 5) is 11.8. The van der Waals surface area contributed by atoms with E-state index in [0.717, 1.165) is 12.8 Å². The molecule has 0 aromatic heterocycles. The largest absolute Gasteiger partial charge is 0.396 e. The first kappa shape index (κ1) is 17.8. The highest BCUT2D eigenvalue weighted by atomic mass is 32.2. The second-order valence-electron chi connectivity index (χ2n) is 6.10. The molecule has 1 atom stereocenters. The van der Waals surface area contributed by atoms with E-state index >= 15 is 0 Å². The minimum absolute atomic E-state index is 0.0280. The normalized spacial score (nSPS) is 21.9. The van der Waals surface area contributed by atoms with Gasteiger partial charge in [-0.2, -0.15) is 0 Å². The quantitative estimate of drug-likeness (QED) is 0.691. The summed E-state index contributed by atoms with van der Waals surface area (Å²) in [7, 11) is -2.87. The van der Waals surface area contributed by atoms with Crippen molar-refractivity contribution in [3.8, 4) is 0 Å². The first-order chi connectivity index (χ1) is 9.24. The Morgan fingerprint density at radius 1 is 1.45 bits per heavy atom. The Bertz CT molecular complexity index is 420. The molecule has 1 unspecified atom stereocenters. The number of sulfone groups is 1. The van der Waals surface area contributed by atoms with Crippen molar-refractivity contribution in [3.05, 3.63) is 0 Å². The number of aliphatic hydroxyl groups is 1. The minimum atomic E-state index is -2.87. The van der Waals surface area contributed by atoms with Gasteiger partial charge in [0.25, 0.3) is 0 Å². The first-order valence-electron chi connectivity index (χ1n) is 6.94. The van der Waals surface area contributed by atoms with Gasteiger partial charge in [-0.3, -0.25) is 4.79 Å². The van der Waals surface area contributed by atoms with E-state index in [1.54, 1.807) is 0 Å². The van der Waals surface area contributed by atoms with Crippen LogP contribution in [0.4, 0.5) is 0 Å². The highest BCUT2D eigenvalue weighted by molar-refractivity contribution is 8.02. The van der Waals surface area contributed by atoms with Crippen molar-refractivity contribution >= 4 is 27.5 Å². The lowest BCUT2D eigenvalue weighted by Crippen LogP contribution is -2.35. The molecule has 2 N–H and O–H groups in total. The molecule has 7 heteroatoms. The Morgan fingerprint density at radius 2 is 2.15 bits per heavy atom. The van der Waals surface area contributed by atoms with Gasteiger partial charge in [0, 0.05) is 18.4 Å². The molecule has 1 amide bonds. The third-order valence-corrected chi connectivity index (χ3v) is 6.70. The highest BCUT2D eigenvalue weighted by Crippen LogP contribution is 2.24. The zero-order valence-electron chi connectivity index (χ0n) is 12.2. The molecule has 0 radical (unpaired) electrons. The molecule has 1 rings (SSSR count). The van der Waals surface area contributed by atoms with Gasteiger partial charge in [-0.1, -0.05) is 13.8 Å². The number of carbonyl (C=O) groups is 1. The van der Waals surface area contributed by atoms with Crippen LogP contribution in [0, 0.1) is 5.41 Å². The van der Waals surface area contributed by atoms with Crippen LogP contribution in [0.3, 0.4) is 0 Å². The van der Waals surface area contributed by atoms with Crippen LogP contribution in [0.1, 0.15) is 33.1 Å². The van der Waals surface area contributed by atoms with Gasteiger partial charge in [0.1, 0.15) is 0 Å². The number of amides is 1. The zero-order chi connectivity index (χ0) is 15.2. The Morgan fingerprint density at radius 3 is 2.70 bits per heavy atom. The average molecular weight is 323 g/mol. The second kappa shape index (κ2) is 7.66. The molecule has 0 aromatic carbocycles. The summed E-state index contributed by atoms with van der Waals surface area (Å²) in [5.74, 6) is 0.723. The predicted molar refractivity (Wildman–Crippen MR) is 82.6 cm³/mol. The SMILES string of the molecule is CC(C)(CCCO)CNC(=O)CSC1CCS(=O)(=O)C1. The summed E-state index contributed by atoms with van der Waals surface area (Å²) in [6.45, 7) is 4.86. The van der Waals surface area contributed by atoms with Gasteiger partial charge >= 0.3 is 0 Å². The number of carbonyl (C=O) groups excluding carboxylic acids is 1. The van der Waals surface area contributed by atoms with Crippen molar-refractivity contribution < 1.29 is 18.3 Å². The lowest BCUT2D eigenvalue weighted by Gasteiger charge is -2.24. The van der Waals surface area contributed by atoms with Crippen molar-refractivity contribution in [2.24, 2.45) is 5.41 Å². The second-order valence-corrected chi connectivity index (χ2v) is 9.62. The molecule has 0 aromatic rings. The summed E-state index contributed by atoms with van der Waals surface area (Å²) in [5, 5.41) is 11.8. The Balaban J connectivity index is 2.21. The van der Waals surface area contributed by atoms with E-state index in [4.69, 9.17) is 5.11 Å². The molecule has 1 aliphatic rings. The van der Waals surface area contributed by atoms with Crippen molar-refractivity contribution in [1.29, 1.82) is 0 Å². The zero-order valence-corrected chi connectivity index (χ0v) is 13.9. The van der Waals surface area contributed by atoms with Crippen molar-refractivity contribution in [2.75, 3.05) is 30.4 Å². The fourth-order valence-corrected chi connectivity index (χ4v) is 5.59. The molecular formula is C13H25NO4S2. The molecule has 1 heterocycles. The molecular weight excluding hydrogens is 298 g/mol. The van der Waals surface area contributed by atoms with Gasteiger partial charge in [0.05, 0.1) is 17.3 Å². The van der Waals surface area contributed by atoms with Crippen molar-refractivity contribution in [1.82, 2.24) is 5.32 Å². The van der Waals surface area contributed by atoms with Gasteiger partial charge < -0.3 is 10.4 Å².